The fourth-order valence-electron chi connectivity index (χ4n) is 0.984. The first-order chi connectivity index (χ1) is 6.13. The van der Waals surface area contributed by atoms with Gasteiger partial charge in [0.25, 0.3) is 0 Å². The van der Waals surface area contributed by atoms with Crippen molar-refractivity contribution in [3.8, 4) is 0 Å². The molecule has 1 aromatic rings. The monoisotopic (exact) mass is 185 g/mol. The van der Waals surface area contributed by atoms with E-state index in [9.17, 15) is 13.6 Å². The molecule has 0 heterocycles. The highest BCUT2D eigenvalue weighted by atomic mass is 19.1. The molecular formula is C9H9F2NO. The van der Waals surface area contributed by atoms with E-state index in [1.165, 1.54) is 19.1 Å². The van der Waals surface area contributed by atoms with Gasteiger partial charge in [0.15, 0.2) is 0 Å². The molecule has 1 N–H and O–H groups in total. The Balaban J connectivity index is 2.99. The molecule has 0 unspecified atom stereocenters. The Morgan fingerprint density at radius 3 is 2.77 bits per heavy atom. The SMILES string of the molecule is CC(=O)Nc1ccc(F)cc1CF. The second kappa shape index (κ2) is 3.98. The maximum absolute atomic E-state index is 12.6. The number of nitrogens with one attached hydrogen (secondary N) is 1. The summed E-state index contributed by atoms with van der Waals surface area (Å²) < 4.78 is 24.9. The molecule has 4 heteroatoms. The molecule has 0 radical (unpaired) electrons. The van der Waals surface area contributed by atoms with Crippen molar-refractivity contribution in [2.75, 3.05) is 5.32 Å². The summed E-state index contributed by atoms with van der Waals surface area (Å²) in [5.74, 6) is -0.817. The highest BCUT2D eigenvalue weighted by Crippen LogP contribution is 2.17. The van der Waals surface area contributed by atoms with Crippen LogP contribution in [0.3, 0.4) is 0 Å². The van der Waals surface area contributed by atoms with Crippen LogP contribution in [-0.4, -0.2) is 5.91 Å². The molecular weight excluding hydrogens is 176 g/mol. The van der Waals surface area contributed by atoms with E-state index in [1.54, 1.807) is 0 Å². The van der Waals surface area contributed by atoms with Crippen molar-refractivity contribution in [1.29, 1.82) is 0 Å². The standard InChI is InChI=1S/C9H9F2NO/c1-6(13)12-9-3-2-8(11)4-7(9)5-10/h2-4H,5H2,1H3,(H,12,13). The Morgan fingerprint density at radius 2 is 2.23 bits per heavy atom. The molecule has 0 aliphatic rings. The third kappa shape index (κ3) is 2.50. The molecule has 0 atom stereocenters. The zero-order chi connectivity index (χ0) is 9.84. The van der Waals surface area contributed by atoms with Crippen molar-refractivity contribution in [2.24, 2.45) is 0 Å². The Hall–Kier alpha value is -1.45. The summed E-state index contributed by atoms with van der Waals surface area (Å²) >= 11 is 0. The molecule has 0 saturated carbocycles. The van der Waals surface area contributed by atoms with E-state index in [-0.39, 0.29) is 11.5 Å². The Bertz CT molecular complexity index is 325. The minimum absolute atomic E-state index is 0.148. The number of hydrogen-bond acceptors (Lipinski definition) is 1. The lowest BCUT2D eigenvalue weighted by Crippen LogP contribution is -2.07. The van der Waals surface area contributed by atoms with Gasteiger partial charge in [-0.25, -0.2) is 8.78 Å². The molecule has 1 rings (SSSR count). The van der Waals surface area contributed by atoms with Crippen LogP contribution in [0.1, 0.15) is 12.5 Å². The maximum atomic E-state index is 12.6. The van der Waals surface area contributed by atoms with Crippen LogP contribution in [0, 0.1) is 5.82 Å². The molecule has 1 aromatic carbocycles. The van der Waals surface area contributed by atoms with Gasteiger partial charge in [0.05, 0.1) is 0 Å². The first kappa shape index (κ1) is 9.64. The number of amides is 1. The number of halogens is 2. The summed E-state index contributed by atoms with van der Waals surface area (Å²) in [4.78, 5) is 10.6. The number of benzene rings is 1. The number of carbonyl (C=O) groups is 1. The smallest absolute Gasteiger partial charge is 0.221 e. The third-order valence-corrected chi connectivity index (χ3v) is 1.52. The molecule has 0 fully saturated rings. The summed E-state index contributed by atoms with van der Waals surface area (Å²) in [6, 6.07) is 3.57. The van der Waals surface area contributed by atoms with Crippen molar-refractivity contribution in [3.05, 3.63) is 29.6 Å². The van der Waals surface area contributed by atoms with Gasteiger partial charge in [0.1, 0.15) is 12.5 Å². The van der Waals surface area contributed by atoms with E-state index in [4.69, 9.17) is 0 Å². The fraction of sp³-hybridized carbons (Fsp3) is 0.222. The number of anilines is 1. The van der Waals surface area contributed by atoms with Crippen LogP contribution >= 0.6 is 0 Å². The van der Waals surface area contributed by atoms with Crippen molar-refractivity contribution in [3.63, 3.8) is 0 Å². The van der Waals surface area contributed by atoms with Gasteiger partial charge in [-0.3, -0.25) is 4.79 Å². The Morgan fingerprint density at radius 1 is 1.54 bits per heavy atom. The van der Waals surface area contributed by atoms with E-state index in [2.05, 4.69) is 5.32 Å². The van der Waals surface area contributed by atoms with Crippen LogP contribution in [0.5, 0.6) is 0 Å². The van der Waals surface area contributed by atoms with Crippen molar-refractivity contribution < 1.29 is 13.6 Å². The molecule has 13 heavy (non-hydrogen) atoms. The van der Waals surface area contributed by atoms with Crippen LogP contribution in [0.25, 0.3) is 0 Å². The minimum Gasteiger partial charge on any atom is -0.326 e. The van der Waals surface area contributed by atoms with Gasteiger partial charge in [-0.2, -0.15) is 0 Å². The van der Waals surface area contributed by atoms with Gasteiger partial charge >= 0.3 is 0 Å². The van der Waals surface area contributed by atoms with E-state index in [0.29, 0.717) is 5.69 Å². The number of carbonyl (C=O) groups excluding carboxylic acids is 1. The summed E-state index contributed by atoms with van der Waals surface area (Å²) in [5.41, 5.74) is 0.464. The quantitative estimate of drug-likeness (QED) is 0.752. The highest BCUT2D eigenvalue weighted by Gasteiger charge is 2.04. The molecule has 0 saturated heterocycles. The molecule has 0 aliphatic carbocycles. The molecule has 0 spiro atoms. The molecule has 0 aliphatic heterocycles. The first-order valence-corrected chi connectivity index (χ1v) is 3.75. The zero-order valence-corrected chi connectivity index (χ0v) is 7.10. The normalized spacial score (nSPS) is 9.77. The van der Waals surface area contributed by atoms with E-state index in [1.807, 2.05) is 0 Å². The fourth-order valence-corrected chi connectivity index (χ4v) is 0.984. The Labute approximate surface area is 74.6 Å². The van der Waals surface area contributed by atoms with Gasteiger partial charge in [-0.15, -0.1) is 0 Å². The van der Waals surface area contributed by atoms with Crippen LogP contribution in [0.2, 0.25) is 0 Å². The van der Waals surface area contributed by atoms with E-state index >= 15 is 0 Å². The predicted octanol–water partition coefficient (Wildman–Crippen LogP) is 2.25. The lowest BCUT2D eigenvalue weighted by atomic mass is 10.2. The summed E-state index contributed by atoms with van der Waals surface area (Å²) in [6.07, 6.45) is 0. The second-order valence-corrected chi connectivity index (χ2v) is 2.62. The molecule has 0 bridgehead atoms. The molecule has 0 aromatic heterocycles. The van der Waals surface area contributed by atoms with Crippen LogP contribution in [-0.2, 0) is 11.5 Å². The molecule has 70 valence electrons. The minimum atomic E-state index is -0.798. The lowest BCUT2D eigenvalue weighted by Gasteiger charge is -2.06. The maximum Gasteiger partial charge on any atom is 0.221 e. The first-order valence-electron chi connectivity index (χ1n) is 3.75. The second-order valence-electron chi connectivity index (χ2n) is 2.62. The largest absolute Gasteiger partial charge is 0.326 e. The zero-order valence-electron chi connectivity index (χ0n) is 7.10. The third-order valence-electron chi connectivity index (χ3n) is 1.52. The number of hydrogen-bond donors (Lipinski definition) is 1. The molecule has 2 nitrogen and oxygen atoms in total. The van der Waals surface area contributed by atoms with Crippen LogP contribution in [0.15, 0.2) is 18.2 Å². The van der Waals surface area contributed by atoms with E-state index < -0.39 is 12.5 Å². The van der Waals surface area contributed by atoms with Crippen molar-refractivity contribution in [2.45, 2.75) is 13.6 Å². The van der Waals surface area contributed by atoms with Crippen molar-refractivity contribution >= 4 is 11.6 Å². The highest BCUT2D eigenvalue weighted by molar-refractivity contribution is 5.89. The average Bonchev–Trinajstić information content (AvgIpc) is 2.07. The summed E-state index contributed by atoms with van der Waals surface area (Å²) in [7, 11) is 0. The van der Waals surface area contributed by atoms with Crippen molar-refractivity contribution in [1.82, 2.24) is 0 Å². The number of rotatable bonds is 2. The van der Waals surface area contributed by atoms with Crippen LogP contribution in [0.4, 0.5) is 14.5 Å². The predicted molar refractivity (Wildman–Crippen MR) is 45.5 cm³/mol. The topological polar surface area (TPSA) is 29.1 Å². The summed E-state index contributed by atoms with van der Waals surface area (Å²) in [6.45, 7) is 0.513. The summed E-state index contributed by atoms with van der Waals surface area (Å²) in [5, 5.41) is 2.41. The number of alkyl halides is 1. The average molecular weight is 185 g/mol. The van der Waals surface area contributed by atoms with E-state index in [0.717, 1.165) is 6.07 Å². The molecule has 1 amide bonds. The Kier molecular flexibility index (Phi) is 2.95. The van der Waals surface area contributed by atoms with Gasteiger partial charge in [0.2, 0.25) is 5.91 Å². The van der Waals surface area contributed by atoms with Gasteiger partial charge in [-0.1, -0.05) is 0 Å². The van der Waals surface area contributed by atoms with Crippen LogP contribution < -0.4 is 5.32 Å². The lowest BCUT2D eigenvalue weighted by molar-refractivity contribution is -0.114. The van der Waals surface area contributed by atoms with Gasteiger partial charge in [-0.05, 0) is 18.2 Å². The van der Waals surface area contributed by atoms with Gasteiger partial charge < -0.3 is 5.32 Å². The van der Waals surface area contributed by atoms with Gasteiger partial charge in [0, 0.05) is 18.2 Å².